The van der Waals surface area contributed by atoms with Gasteiger partial charge in [0.1, 0.15) is 11.3 Å². The lowest BCUT2D eigenvalue weighted by molar-refractivity contribution is -0.117. The van der Waals surface area contributed by atoms with E-state index in [4.69, 9.17) is 4.42 Å². The molecule has 2 aromatic carbocycles. The van der Waals surface area contributed by atoms with Crippen molar-refractivity contribution in [1.82, 2.24) is 4.90 Å². The number of benzene rings is 2. The molecule has 0 fully saturated rings. The number of furan rings is 1. The van der Waals surface area contributed by atoms with Crippen molar-refractivity contribution in [2.45, 2.75) is 19.9 Å². The summed E-state index contributed by atoms with van der Waals surface area (Å²) in [5, 5.41) is 4.04. The molecule has 0 radical (unpaired) electrons. The fourth-order valence-corrected chi connectivity index (χ4v) is 2.69. The quantitative estimate of drug-likeness (QED) is 0.758. The van der Waals surface area contributed by atoms with Gasteiger partial charge in [0.15, 0.2) is 0 Å². The van der Waals surface area contributed by atoms with E-state index in [0.717, 1.165) is 28.0 Å². The fourth-order valence-electron chi connectivity index (χ4n) is 2.69. The maximum absolute atomic E-state index is 12.3. The monoisotopic (exact) mass is 322 g/mol. The molecule has 0 aliphatic heterocycles. The Morgan fingerprint density at radius 3 is 2.62 bits per heavy atom. The van der Waals surface area contributed by atoms with Crippen LogP contribution >= 0.6 is 0 Å². The van der Waals surface area contributed by atoms with E-state index < -0.39 is 0 Å². The Labute approximate surface area is 142 Å². The number of carbonyl (C=O) groups excluding carboxylic acids is 1. The standard InChI is InChI=1S/C20H22N2O2/c1-14-8-4-6-10-17(14)21-20(23)13-22(3)15(2)19-12-16-9-5-7-11-18(16)24-19/h4-12,15H,13H2,1-3H3,(H,21,23). The highest BCUT2D eigenvalue weighted by Gasteiger charge is 2.18. The van der Waals surface area contributed by atoms with Gasteiger partial charge in [0.05, 0.1) is 12.6 Å². The normalized spacial score (nSPS) is 12.5. The number of fused-ring (bicyclic) bond motifs is 1. The third-order valence-corrected chi connectivity index (χ3v) is 4.33. The number of nitrogens with one attached hydrogen (secondary N) is 1. The molecule has 1 unspecified atom stereocenters. The van der Waals surface area contributed by atoms with Gasteiger partial charge in [0.2, 0.25) is 5.91 Å². The number of nitrogens with zero attached hydrogens (tertiary/aromatic N) is 1. The summed E-state index contributed by atoms with van der Waals surface area (Å²) in [5.74, 6) is 0.831. The third-order valence-electron chi connectivity index (χ3n) is 4.33. The Morgan fingerprint density at radius 1 is 1.17 bits per heavy atom. The highest BCUT2D eigenvalue weighted by atomic mass is 16.3. The molecule has 4 heteroatoms. The Kier molecular flexibility index (Phi) is 4.67. The molecule has 4 nitrogen and oxygen atoms in total. The topological polar surface area (TPSA) is 45.5 Å². The summed E-state index contributed by atoms with van der Waals surface area (Å²) in [7, 11) is 1.93. The van der Waals surface area contributed by atoms with Crippen molar-refractivity contribution in [2.24, 2.45) is 0 Å². The van der Waals surface area contributed by atoms with Crippen molar-refractivity contribution in [1.29, 1.82) is 0 Å². The van der Waals surface area contributed by atoms with Crippen LogP contribution in [-0.4, -0.2) is 24.4 Å². The summed E-state index contributed by atoms with van der Waals surface area (Å²) in [6, 6.07) is 17.8. The van der Waals surface area contributed by atoms with E-state index in [2.05, 4.69) is 5.32 Å². The number of para-hydroxylation sites is 2. The molecule has 1 heterocycles. The molecule has 0 saturated carbocycles. The van der Waals surface area contributed by atoms with Crippen molar-refractivity contribution >= 4 is 22.6 Å². The molecule has 0 aliphatic rings. The molecule has 0 spiro atoms. The van der Waals surface area contributed by atoms with Gasteiger partial charge in [-0.3, -0.25) is 9.69 Å². The molecule has 1 N–H and O–H groups in total. The second kappa shape index (κ2) is 6.89. The van der Waals surface area contributed by atoms with Crippen molar-refractivity contribution < 1.29 is 9.21 Å². The maximum Gasteiger partial charge on any atom is 0.238 e. The highest BCUT2D eigenvalue weighted by molar-refractivity contribution is 5.93. The largest absolute Gasteiger partial charge is 0.459 e. The lowest BCUT2D eigenvalue weighted by atomic mass is 10.2. The molecular weight excluding hydrogens is 300 g/mol. The molecule has 1 aromatic heterocycles. The number of likely N-dealkylation sites (N-methyl/N-ethyl adjacent to an activating group) is 1. The Morgan fingerprint density at radius 2 is 1.88 bits per heavy atom. The van der Waals surface area contributed by atoms with Crippen LogP contribution < -0.4 is 5.32 Å². The van der Waals surface area contributed by atoms with Gasteiger partial charge in [-0.15, -0.1) is 0 Å². The first-order valence-electron chi connectivity index (χ1n) is 8.09. The smallest absolute Gasteiger partial charge is 0.238 e. The van der Waals surface area contributed by atoms with Crippen LogP contribution in [0.25, 0.3) is 11.0 Å². The number of hydrogen-bond acceptors (Lipinski definition) is 3. The first-order chi connectivity index (χ1) is 11.5. The molecule has 24 heavy (non-hydrogen) atoms. The van der Waals surface area contributed by atoms with Crippen LogP contribution in [0.2, 0.25) is 0 Å². The minimum atomic E-state index is -0.0326. The lowest BCUT2D eigenvalue weighted by Crippen LogP contribution is -2.32. The summed E-state index contributed by atoms with van der Waals surface area (Å²) in [6.45, 7) is 4.32. The van der Waals surface area contributed by atoms with Crippen molar-refractivity contribution in [3.63, 3.8) is 0 Å². The average molecular weight is 322 g/mol. The van der Waals surface area contributed by atoms with E-state index in [1.807, 2.05) is 80.4 Å². The first kappa shape index (κ1) is 16.3. The van der Waals surface area contributed by atoms with Crippen LogP contribution in [0.4, 0.5) is 5.69 Å². The van der Waals surface area contributed by atoms with Gasteiger partial charge >= 0.3 is 0 Å². The van der Waals surface area contributed by atoms with Gasteiger partial charge in [0.25, 0.3) is 0 Å². The number of anilines is 1. The highest BCUT2D eigenvalue weighted by Crippen LogP contribution is 2.26. The SMILES string of the molecule is Cc1ccccc1NC(=O)CN(C)C(C)c1cc2ccccc2o1. The Bertz CT molecular complexity index is 820. The molecule has 0 bridgehead atoms. The van der Waals surface area contributed by atoms with E-state index in [0.29, 0.717) is 6.54 Å². The number of amides is 1. The van der Waals surface area contributed by atoms with Crippen LogP contribution in [0.3, 0.4) is 0 Å². The first-order valence-corrected chi connectivity index (χ1v) is 8.09. The third kappa shape index (κ3) is 3.49. The zero-order valence-electron chi connectivity index (χ0n) is 14.2. The Hall–Kier alpha value is -2.59. The predicted molar refractivity (Wildman–Crippen MR) is 97.1 cm³/mol. The molecule has 3 aromatic rings. The van der Waals surface area contributed by atoms with E-state index in [1.165, 1.54) is 0 Å². The number of rotatable bonds is 5. The number of carbonyl (C=O) groups is 1. The maximum atomic E-state index is 12.3. The molecule has 1 atom stereocenters. The second-order valence-electron chi connectivity index (χ2n) is 6.14. The van der Waals surface area contributed by atoms with Gasteiger partial charge in [0, 0.05) is 11.1 Å². The van der Waals surface area contributed by atoms with Crippen LogP contribution in [0, 0.1) is 6.92 Å². The summed E-state index contributed by atoms with van der Waals surface area (Å²) < 4.78 is 5.90. The molecule has 0 saturated heterocycles. The Balaban J connectivity index is 1.66. The minimum absolute atomic E-state index is 0.0139. The molecular formula is C20H22N2O2. The second-order valence-corrected chi connectivity index (χ2v) is 6.14. The van der Waals surface area contributed by atoms with Gasteiger partial charge in [-0.2, -0.15) is 0 Å². The predicted octanol–water partition coefficient (Wildman–Crippen LogP) is 4.37. The van der Waals surface area contributed by atoms with Gasteiger partial charge in [-0.25, -0.2) is 0 Å². The molecule has 0 aliphatic carbocycles. The van der Waals surface area contributed by atoms with E-state index >= 15 is 0 Å². The van der Waals surface area contributed by atoms with Crippen LogP contribution in [0.5, 0.6) is 0 Å². The van der Waals surface area contributed by atoms with E-state index in [9.17, 15) is 4.79 Å². The average Bonchev–Trinajstić information content (AvgIpc) is 3.00. The molecule has 1 amide bonds. The van der Waals surface area contributed by atoms with Crippen LogP contribution in [-0.2, 0) is 4.79 Å². The number of hydrogen-bond donors (Lipinski definition) is 1. The lowest BCUT2D eigenvalue weighted by Gasteiger charge is -2.22. The summed E-state index contributed by atoms with van der Waals surface area (Å²) in [4.78, 5) is 14.3. The number of aryl methyl sites for hydroxylation is 1. The summed E-state index contributed by atoms with van der Waals surface area (Å²) in [5.41, 5.74) is 2.78. The van der Waals surface area contributed by atoms with Crippen molar-refractivity contribution in [2.75, 3.05) is 18.9 Å². The zero-order valence-corrected chi connectivity index (χ0v) is 14.2. The van der Waals surface area contributed by atoms with Gasteiger partial charge in [-0.05, 0) is 44.7 Å². The zero-order chi connectivity index (χ0) is 17.1. The van der Waals surface area contributed by atoms with Crippen LogP contribution in [0.15, 0.2) is 59.0 Å². The van der Waals surface area contributed by atoms with Crippen molar-refractivity contribution in [3.8, 4) is 0 Å². The minimum Gasteiger partial charge on any atom is -0.459 e. The van der Waals surface area contributed by atoms with Crippen molar-refractivity contribution in [3.05, 3.63) is 65.9 Å². The molecule has 124 valence electrons. The van der Waals surface area contributed by atoms with E-state index in [-0.39, 0.29) is 11.9 Å². The van der Waals surface area contributed by atoms with Gasteiger partial charge in [-0.1, -0.05) is 36.4 Å². The molecule has 3 rings (SSSR count). The summed E-state index contributed by atoms with van der Waals surface area (Å²) >= 11 is 0. The van der Waals surface area contributed by atoms with Crippen LogP contribution in [0.1, 0.15) is 24.3 Å². The van der Waals surface area contributed by atoms with E-state index in [1.54, 1.807) is 0 Å². The van der Waals surface area contributed by atoms with Gasteiger partial charge < -0.3 is 9.73 Å². The summed E-state index contributed by atoms with van der Waals surface area (Å²) in [6.07, 6.45) is 0. The fraction of sp³-hybridized carbons (Fsp3) is 0.250.